The Morgan fingerprint density at radius 1 is 1.03 bits per heavy atom. The predicted octanol–water partition coefficient (Wildman–Crippen LogP) is 7.08. The van der Waals surface area contributed by atoms with Crippen LogP contribution in [-0.2, 0) is 10.1 Å². The summed E-state index contributed by atoms with van der Waals surface area (Å²) in [6.07, 6.45) is 0. The number of methoxy groups -OCH3 is 1. The number of hydrogen-bond donors (Lipinski definition) is 3. The molecule has 37 heavy (non-hydrogen) atoms. The van der Waals surface area contributed by atoms with Crippen molar-refractivity contribution in [1.82, 2.24) is 0 Å². The van der Waals surface area contributed by atoms with E-state index in [1.165, 1.54) is 32.2 Å². The van der Waals surface area contributed by atoms with Crippen molar-refractivity contribution in [1.29, 1.82) is 0 Å². The summed E-state index contributed by atoms with van der Waals surface area (Å²) < 4.78 is 38.1. The fourth-order valence-electron chi connectivity index (χ4n) is 3.63. The van der Waals surface area contributed by atoms with Crippen LogP contribution in [0.25, 0.3) is 10.8 Å². The van der Waals surface area contributed by atoms with Crippen molar-refractivity contribution < 1.29 is 27.6 Å². The van der Waals surface area contributed by atoms with Crippen LogP contribution in [0.5, 0.6) is 11.5 Å². The average Bonchev–Trinajstić information content (AvgIpc) is 2.84. The van der Waals surface area contributed by atoms with Gasteiger partial charge >= 0.3 is 0 Å². The second kappa shape index (κ2) is 10.3. The highest BCUT2D eigenvalue weighted by Crippen LogP contribution is 2.40. The Kier molecular flexibility index (Phi) is 7.37. The summed E-state index contributed by atoms with van der Waals surface area (Å²) >= 11 is 12.1. The van der Waals surface area contributed by atoms with E-state index in [2.05, 4.69) is 15.5 Å². The fraction of sp³-hybridized carbons (Fsp3) is 0.0800. The smallest absolute Gasteiger partial charge is 0.296 e. The zero-order valence-corrected chi connectivity index (χ0v) is 21.7. The van der Waals surface area contributed by atoms with Crippen LogP contribution in [0.3, 0.4) is 0 Å². The van der Waals surface area contributed by atoms with Gasteiger partial charge in [0.1, 0.15) is 16.3 Å². The van der Waals surface area contributed by atoms with Gasteiger partial charge in [0.25, 0.3) is 16.0 Å². The fourth-order valence-corrected chi connectivity index (χ4v) is 4.86. The monoisotopic (exact) mass is 559 g/mol. The van der Waals surface area contributed by atoms with E-state index >= 15 is 0 Å². The maximum atomic E-state index is 13.2. The van der Waals surface area contributed by atoms with Gasteiger partial charge in [-0.2, -0.15) is 13.5 Å². The minimum atomic E-state index is -4.62. The molecule has 4 rings (SSSR count). The number of phenols is 1. The molecular formula is C25H19Cl2N3O6S. The molecule has 0 atom stereocenters. The first-order valence-corrected chi connectivity index (χ1v) is 12.8. The molecule has 9 nitrogen and oxygen atoms in total. The lowest BCUT2D eigenvalue weighted by Crippen LogP contribution is -2.13. The molecule has 0 radical (unpaired) electrons. The van der Waals surface area contributed by atoms with Crippen molar-refractivity contribution in [2.24, 2.45) is 10.2 Å². The number of nitrogens with one attached hydrogen (secondary N) is 1. The molecule has 0 spiro atoms. The number of aryl methyl sites for hydroxylation is 1. The molecule has 4 aromatic carbocycles. The summed E-state index contributed by atoms with van der Waals surface area (Å²) in [4.78, 5) is 12.6. The van der Waals surface area contributed by atoms with Gasteiger partial charge in [-0.05, 0) is 54.3 Å². The largest absolute Gasteiger partial charge is 0.505 e. The minimum absolute atomic E-state index is 0.0256. The van der Waals surface area contributed by atoms with Crippen LogP contribution in [0.1, 0.15) is 15.9 Å². The Morgan fingerprint density at radius 2 is 1.76 bits per heavy atom. The summed E-state index contributed by atoms with van der Waals surface area (Å²) in [6.45, 7) is 1.54. The molecule has 4 aromatic rings. The maximum Gasteiger partial charge on any atom is 0.296 e. The van der Waals surface area contributed by atoms with Crippen molar-refractivity contribution in [2.75, 3.05) is 12.4 Å². The second-order valence-corrected chi connectivity index (χ2v) is 10.1. The number of anilines is 1. The number of aromatic hydroxyl groups is 1. The van der Waals surface area contributed by atoms with Crippen molar-refractivity contribution in [2.45, 2.75) is 11.8 Å². The van der Waals surface area contributed by atoms with Crippen LogP contribution in [0.4, 0.5) is 17.1 Å². The van der Waals surface area contributed by atoms with E-state index in [9.17, 15) is 22.9 Å². The van der Waals surface area contributed by atoms with Gasteiger partial charge in [-0.1, -0.05) is 47.5 Å². The maximum absolute atomic E-state index is 13.2. The lowest BCUT2D eigenvalue weighted by Gasteiger charge is -2.13. The van der Waals surface area contributed by atoms with E-state index in [0.29, 0.717) is 32.8 Å². The first-order chi connectivity index (χ1) is 17.5. The lowest BCUT2D eigenvalue weighted by atomic mass is 10.0. The number of ether oxygens (including phenoxy) is 1. The standard InChI is InChI=1S/C25H19Cl2N3O6S/c1-13-9-16(12-21(22(13)27)37(33,34)35)29-30-23-17-6-4-3-5-14(17)10-18(24(23)31)25(32)28-19-11-15(26)7-8-20(19)36-2/h3-12,31H,1-2H3,(H,28,32)(H,33,34,35). The SMILES string of the molecule is COc1ccc(Cl)cc1NC(=O)c1cc2ccccc2c(N=Nc2cc(C)c(Cl)c(S(=O)(=O)O)c2)c1O. The normalized spacial score (nSPS) is 11.7. The molecule has 0 bridgehead atoms. The molecule has 0 unspecified atom stereocenters. The molecule has 190 valence electrons. The van der Waals surface area contributed by atoms with Crippen LogP contribution in [-0.4, -0.2) is 31.1 Å². The highest BCUT2D eigenvalue weighted by Gasteiger charge is 2.21. The van der Waals surface area contributed by atoms with Crippen LogP contribution in [0.15, 0.2) is 75.8 Å². The summed E-state index contributed by atoms with van der Waals surface area (Å²) in [6, 6.07) is 15.6. The van der Waals surface area contributed by atoms with Gasteiger partial charge in [-0.25, -0.2) is 0 Å². The number of fused-ring (bicyclic) bond motifs is 1. The van der Waals surface area contributed by atoms with E-state index in [1.807, 2.05) is 0 Å². The number of carbonyl (C=O) groups excluding carboxylic acids is 1. The van der Waals surface area contributed by atoms with Crippen molar-refractivity contribution >= 4 is 67.1 Å². The summed E-state index contributed by atoms with van der Waals surface area (Å²) in [5.74, 6) is -0.747. The zero-order chi connectivity index (χ0) is 26.9. The number of rotatable bonds is 6. The number of hydrogen-bond acceptors (Lipinski definition) is 7. The molecule has 12 heteroatoms. The highest BCUT2D eigenvalue weighted by molar-refractivity contribution is 7.86. The van der Waals surface area contributed by atoms with Crippen molar-refractivity contribution in [3.63, 3.8) is 0 Å². The third-order valence-corrected chi connectivity index (χ3v) is 7.13. The molecule has 0 aliphatic carbocycles. The molecule has 1 amide bonds. The summed E-state index contributed by atoms with van der Waals surface area (Å²) in [5.41, 5.74) is 0.563. The molecule has 0 saturated carbocycles. The molecule has 3 N–H and O–H groups in total. The third kappa shape index (κ3) is 5.52. The number of carbonyl (C=O) groups is 1. The van der Waals surface area contributed by atoms with Crippen LogP contribution in [0.2, 0.25) is 10.0 Å². The predicted molar refractivity (Wildman–Crippen MR) is 142 cm³/mol. The van der Waals surface area contributed by atoms with Gasteiger partial charge in [0, 0.05) is 10.4 Å². The molecule has 0 aromatic heterocycles. The van der Waals surface area contributed by atoms with E-state index in [-0.39, 0.29) is 22.0 Å². The first-order valence-electron chi connectivity index (χ1n) is 10.6. The number of benzene rings is 4. The van der Waals surface area contributed by atoms with Crippen LogP contribution in [0, 0.1) is 6.92 Å². The van der Waals surface area contributed by atoms with E-state index in [0.717, 1.165) is 6.07 Å². The lowest BCUT2D eigenvalue weighted by molar-refractivity contribution is 0.102. The van der Waals surface area contributed by atoms with Crippen LogP contribution < -0.4 is 10.1 Å². The number of phenolic OH excluding ortho intramolecular Hbond substituents is 1. The Hall–Kier alpha value is -3.70. The van der Waals surface area contributed by atoms with Crippen LogP contribution >= 0.6 is 23.2 Å². The number of amides is 1. The number of azo groups is 1. The van der Waals surface area contributed by atoms with Gasteiger partial charge in [0.05, 0.1) is 29.1 Å². The van der Waals surface area contributed by atoms with Crippen molar-refractivity contribution in [3.05, 3.63) is 81.8 Å². The topological polar surface area (TPSA) is 138 Å². The average molecular weight is 560 g/mol. The summed E-state index contributed by atoms with van der Waals surface area (Å²) in [7, 11) is -3.18. The van der Waals surface area contributed by atoms with Gasteiger partial charge in [0.15, 0.2) is 5.75 Å². The van der Waals surface area contributed by atoms with Crippen molar-refractivity contribution in [3.8, 4) is 11.5 Å². The van der Waals surface area contributed by atoms with E-state index in [1.54, 1.807) is 36.4 Å². The van der Waals surface area contributed by atoms with Gasteiger partial charge in [-0.15, -0.1) is 5.11 Å². The van der Waals surface area contributed by atoms with E-state index in [4.69, 9.17) is 27.9 Å². The van der Waals surface area contributed by atoms with Gasteiger partial charge in [0.2, 0.25) is 0 Å². The molecule has 0 aliphatic rings. The Labute approximate surface area is 222 Å². The molecular weight excluding hydrogens is 541 g/mol. The zero-order valence-electron chi connectivity index (χ0n) is 19.4. The summed E-state index contributed by atoms with van der Waals surface area (Å²) in [5, 5.41) is 23.2. The second-order valence-electron chi connectivity index (χ2n) is 7.89. The number of halogens is 2. The minimum Gasteiger partial charge on any atom is -0.505 e. The first kappa shape index (κ1) is 26.4. The molecule has 0 heterocycles. The Balaban J connectivity index is 1.81. The highest BCUT2D eigenvalue weighted by atomic mass is 35.5. The van der Waals surface area contributed by atoms with E-state index < -0.39 is 26.7 Å². The molecule has 0 aliphatic heterocycles. The van der Waals surface area contributed by atoms with Gasteiger partial charge in [-0.3, -0.25) is 9.35 Å². The number of nitrogens with zero attached hydrogens (tertiary/aromatic N) is 2. The Morgan fingerprint density at radius 3 is 2.46 bits per heavy atom. The molecule has 0 fully saturated rings. The van der Waals surface area contributed by atoms with Gasteiger partial charge < -0.3 is 15.2 Å². The Bertz CT molecular complexity index is 1690. The quantitative estimate of drug-likeness (QED) is 0.170. The molecule has 0 saturated heterocycles. The third-order valence-electron chi connectivity index (χ3n) is 5.40.